The van der Waals surface area contributed by atoms with Crippen molar-refractivity contribution in [2.45, 2.75) is 13.0 Å². The zero-order chi connectivity index (χ0) is 23.9. The summed E-state index contributed by atoms with van der Waals surface area (Å²) in [5.41, 5.74) is 16.6. The Hall–Kier alpha value is -4.34. The van der Waals surface area contributed by atoms with Crippen LogP contribution in [0.5, 0.6) is 0 Å². The molecular formula is C32H27N3. The summed E-state index contributed by atoms with van der Waals surface area (Å²) in [5.74, 6) is 6.53. The number of fused-ring (bicyclic) bond motifs is 3. The van der Waals surface area contributed by atoms with Crippen molar-refractivity contribution in [3.8, 4) is 33.4 Å². The van der Waals surface area contributed by atoms with Crippen molar-refractivity contribution >= 4 is 21.8 Å². The van der Waals surface area contributed by atoms with Crippen LogP contribution in [-0.4, -0.2) is 4.68 Å². The molecule has 0 radical (unpaired) electrons. The van der Waals surface area contributed by atoms with Crippen LogP contribution in [0, 0.1) is 0 Å². The molecule has 0 amide bonds. The number of nitrogens with two attached hydrogens (primary N) is 2. The molecule has 4 N–H and O–H groups in total. The predicted molar refractivity (Wildman–Crippen MR) is 149 cm³/mol. The molecule has 0 spiro atoms. The zero-order valence-electron chi connectivity index (χ0n) is 19.6. The minimum absolute atomic E-state index is 0.144. The summed E-state index contributed by atoms with van der Waals surface area (Å²) in [6.07, 6.45) is 0. The van der Waals surface area contributed by atoms with Gasteiger partial charge in [0.05, 0.1) is 11.0 Å². The molecule has 1 aromatic heterocycles. The minimum Gasteiger partial charge on any atom is -0.339 e. The zero-order valence-corrected chi connectivity index (χ0v) is 19.6. The van der Waals surface area contributed by atoms with Crippen LogP contribution in [0.1, 0.15) is 18.5 Å². The van der Waals surface area contributed by atoms with Crippen LogP contribution in [0.2, 0.25) is 0 Å². The first kappa shape index (κ1) is 21.2. The maximum Gasteiger partial charge on any atom is 0.0751 e. The molecule has 1 heterocycles. The minimum atomic E-state index is -0.144. The standard InChI is InChI=1S/C32H27N3/c1-21(33)29-19-27(20-30-28-15-5-6-16-31(28)35(34)32(29)30)26-14-8-13-25(18-26)24-12-7-11-23(17-24)22-9-3-2-4-10-22/h2-21H,33-34H2,1H3. The van der Waals surface area contributed by atoms with Gasteiger partial charge >= 0.3 is 0 Å². The third-order valence-corrected chi connectivity index (χ3v) is 6.82. The Morgan fingerprint density at radius 1 is 0.543 bits per heavy atom. The quantitative estimate of drug-likeness (QED) is 0.271. The monoisotopic (exact) mass is 453 g/mol. The van der Waals surface area contributed by atoms with Gasteiger partial charge in [-0.3, -0.25) is 4.68 Å². The van der Waals surface area contributed by atoms with E-state index in [1.54, 1.807) is 4.68 Å². The van der Waals surface area contributed by atoms with E-state index < -0.39 is 0 Å². The molecule has 5 aromatic carbocycles. The van der Waals surface area contributed by atoms with E-state index in [2.05, 4.69) is 103 Å². The average molecular weight is 454 g/mol. The molecule has 35 heavy (non-hydrogen) atoms. The van der Waals surface area contributed by atoms with Crippen molar-refractivity contribution in [3.05, 3.63) is 121 Å². The van der Waals surface area contributed by atoms with Gasteiger partial charge in [-0.25, -0.2) is 0 Å². The van der Waals surface area contributed by atoms with E-state index in [0.29, 0.717) is 0 Å². The first-order chi connectivity index (χ1) is 17.1. The highest BCUT2D eigenvalue weighted by Gasteiger charge is 2.17. The molecule has 0 aliphatic carbocycles. The molecule has 0 fully saturated rings. The number of nitrogen functional groups attached to an aromatic ring is 1. The second-order valence-corrected chi connectivity index (χ2v) is 9.17. The van der Waals surface area contributed by atoms with Crippen LogP contribution < -0.4 is 11.6 Å². The van der Waals surface area contributed by atoms with Crippen molar-refractivity contribution in [2.24, 2.45) is 5.73 Å². The molecule has 170 valence electrons. The Morgan fingerprint density at radius 3 is 1.74 bits per heavy atom. The third-order valence-electron chi connectivity index (χ3n) is 6.82. The van der Waals surface area contributed by atoms with E-state index in [9.17, 15) is 0 Å². The Balaban J connectivity index is 1.50. The van der Waals surface area contributed by atoms with Crippen molar-refractivity contribution in [1.29, 1.82) is 0 Å². The molecule has 6 rings (SSSR count). The van der Waals surface area contributed by atoms with Crippen LogP contribution in [0.25, 0.3) is 55.2 Å². The summed E-state index contributed by atoms with van der Waals surface area (Å²) in [6.45, 7) is 2.02. The van der Waals surface area contributed by atoms with Crippen LogP contribution in [0.15, 0.2) is 115 Å². The van der Waals surface area contributed by atoms with Gasteiger partial charge in [-0.15, -0.1) is 0 Å². The second-order valence-electron chi connectivity index (χ2n) is 9.17. The van der Waals surface area contributed by atoms with Gasteiger partial charge in [0, 0.05) is 16.8 Å². The molecule has 3 heteroatoms. The van der Waals surface area contributed by atoms with Gasteiger partial charge < -0.3 is 11.6 Å². The van der Waals surface area contributed by atoms with Crippen molar-refractivity contribution in [3.63, 3.8) is 0 Å². The summed E-state index contributed by atoms with van der Waals surface area (Å²) < 4.78 is 1.78. The fourth-order valence-electron chi connectivity index (χ4n) is 5.06. The Labute approximate surface area is 205 Å². The molecule has 0 saturated carbocycles. The Kier molecular flexibility index (Phi) is 5.13. The lowest BCUT2D eigenvalue weighted by atomic mass is 9.93. The van der Waals surface area contributed by atoms with Crippen molar-refractivity contribution in [1.82, 2.24) is 4.68 Å². The highest BCUT2D eigenvalue weighted by molar-refractivity contribution is 6.10. The first-order valence-corrected chi connectivity index (χ1v) is 11.9. The fourth-order valence-corrected chi connectivity index (χ4v) is 5.06. The van der Waals surface area contributed by atoms with Crippen LogP contribution in [-0.2, 0) is 0 Å². The SMILES string of the molecule is CC(N)c1cc(-c2cccc(-c3cccc(-c4ccccc4)c3)c2)cc2c3ccccc3n(N)c12. The molecule has 0 aliphatic rings. The first-order valence-electron chi connectivity index (χ1n) is 11.9. The largest absolute Gasteiger partial charge is 0.339 e. The number of hydrogen-bond donors (Lipinski definition) is 2. The van der Waals surface area contributed by atoms with Crippen molar-refractivity contribution < 1.29 is 0 Å². The number of nitrogens with zero attached hydrogens (tertiary/aromatic N) is 1. The van der Waals surface area contributed by atoms with Gasteiger partial charge in [-0.2, -0.15) is 0 Å². The van der Waals surface area contributed by atoms with E-state index >= 15 is 0 Å². The number of hydrogen-bond acceptors (Lipinski definition) is 2. The molecular weight excluding hydrogens is 426 g/mol. The lowest BCUT2D eigenvalue weighted by Crippen LogP contribution is -2.12. The normalized spacial score (nSPS) is 12.3. The van der Waals surface area contributed by atoms with Crippen LogP contribution in [0.4, 0.5) is 0 Å². The smallest absolute Gasteiger partial charge is 0.0751 e. The highest BCUT2D eigenvalue weighted by Crippen LogP contribution is 2.37. The lowest BCUT2D eigenvalue weighted by Gasteiger charge is -2.14. The van der Waals surface area contributed by atoms with E-state index in [4.69, 9.17) is 11.6 Å². The number of benzene rings is 5. The molecule has 1 unspecified atom stereocenters. The van der Waals surface area contributed by atoms with Crippen LogP contribution >= 0.6 is 0 Å². The molecule has 0 bridgehead atoms. The van der Waals surface area contributed by atoms with Gasteiger partial charge in [-0.1, -0.05) is 84.9 Å². The summed E-state index contributed by atoms with van der Waals surface area (Å²) in [6, 6.07) is 40.5. The van der Waals surface area contributed by atoms with Gasteiger partial charge in [0.15, 0.2) is 0 Å². The maximum atomic E-state index is 6.53. The molecule has 3 nitrogen and oxygen atoms in total. The average Bonchev–Trinajstić information content (AvgIpc) is 3.21. The number of rotatable bonds is 4. The lowest BCUT2D eigenvalue weighted by molar-refractivity contribution is 0.820. The Morgan fingerprint density at radius 2 is 1.09 bits per heavy atom. The van der Waals surface area contributed by atoms with E-state index in [-0.39, 0.29) is 6.04 Å². The third kappa shape index (κ3) is 3.67. The molecule has 0 aliphatic heterocycles. The number of para-hydroxylation sites is 1. The second kappa shape index (κ2) is 8.46. The molecule has 6 aromatic rings. The summed E-state index contributed by atoms with van der Waals surface area (Å²) >= 11 is 0. The van der Waals surface area contributed by atoms with Gasteiger partial charge in [-0.05, 0) is 76.2 Å². The maximum absolute atomic E-state index is 6.53. The topological polar surface area (TPSA) is 57.0 Å². The highest BCUT2D eigenvalue weighted by atomic mass is 15.3. The van der Waals surface area contributed by atoms with E-state index in [0.717, 1.165) is 38.5 Å². The molecule has 1 atom stereocenters. The molecule has 0 saturated heterocycles. The van der Waals surface area contributed by atoms with Crippen molar-refractivity contribution in [2.75, 3.05) is 5.84 Å². The Bertz CT molecular complexity index is 1680. The van der Waals surface area contributed by atoms with Gasteiger partial charge in [0.2, 0.25) is 0 Å². The van der Waals surface area contributed by atoms with Crippen LogP contribution in [0.3, 0.4) is 0 Å². The summed E-state index contributed by atoms with van der Waals surface area (Å²) in [7, 11) is 0. The van der Waals surface area contributed by atoms with E-state index in [1.807, 2.05) is 19.1 Å². The van der Waals surface area contributed by atoms with E-state index in [1.165, 1.54) is 22.3 Å². The number of aromatic nitrogens is 1. The summed E-state index contributed by atoms with van der Waals surface area (Å²) in [4.78, 5) is 0. The fraction of sp³-hybridized carbons (Fsp3) is 0.0625. The van der Waals surface area contributed by atoms with Gasteiger partial charge in [0.1, 0.15) is 0 Å². The summed E-state index contributed by atoms with van der Waals surface area (Å²) in [5, 5.41) is 2.27. The predicted octanol–water partition coefficient (Wildman–Crippen LogP) is 7.53. The van der Waals surface area contributed by atoms with Gasteiger partial charge in [0.25, 0.3) is 0 Å².